The Morgan fingerprint density at radius 1 is 1.21 bits per heavy atom. The Morgan fingerprint density at radius 3 is 2.63 bits per heavy atom. The van der Waals surface area contributed by atoms with Crippen LogP contribution in [0, 0.1) is 0 Å². The summed E-state index contributed by atoms with van der Waals surface area (Å²) in [5, 5.41) is 0. The largest absolute Gasteiger partial charge is 0.511 e. The highest BCUT2D eigenvalue weighted by Gasteiger charge is 2.27. The molecule has 1 aliphatic rings. The maximum atomic E-state index is 12.6. The molecule has 1 heterocycles. The molecular formula is C12H16BF3NO2-. The number of rotatable bonds is 4. The molecule has 0 bridgehead atoms. The average molecular weight is 274 g/mol. The van der Waals surface area contributed by atoms with Crippen molar-refractivity contribution in [1.82, 2.24) is 4.98 Å². The molecule has 2 atom stereocenters. The number of halogens is 3. The van der Waals surface area contributed by atoms with Crippen molar-refractivity contribution in [3.05, 3.63) is 18.5 Å². The molecular weight excluding hydrogens is 258 g/mol. The Hall–Kier alpha value is -1.24. The van der Waals surface area contributed by atoms with E-state index in [1.54, 1.807) is 7.11 Å². The zero-order valence-electron chi connectivity index (χ0n) is 10.7. The maximum absolute atomic E-state index is 12.6. The fourth-order valence-corrected chi connectivity index (χ4v) is 2.29. The van der Waals surface area contributed by atoms with Gasteiger partial charge in [-0.1, -0.05) is 5.46 Å². The Labute approximate surface area is 110 Å². The predicted molar refractivity (Wildman–Crippen MR) is 66.6 cm³/mol. The van der Waals surface area contributed by atoms with E-state index in [9.17, 15) is 12.9 Å². The second-order valence-corrected chi connectivity index (χ2v) is 4.79. The van der Waals surface area contributed by atoms with Crippen molar-refractivity contribution < 1.29 is 22.4 Å². The van der Waals surface area contributed by atoms with Crippen LogP contribution >= 0.6 is 0 Å². The zero-order valence-corrected chi connectivity index (χ0v) is 10.7. The summed E-state index contributed by atoms with van der Waals surface area (Å²) in [6, 6.07) is 1.02. The molecule has 0 radical (unpaired) electrons. The smallest absolute Gasteiger partial charge is 0.489 e. The van der Waals surface area contributed by atoms with Crippen molar-refractivity contribution >= 4 is 12.4 Å². The third kappa shape index (κ3) is 3.86. The first-order valence-corrected chi connectivity index (χ1v) is 6.33. The Morgan fingerprint density at radius 2 is 1.95 bits per heavy atom. The van der Waals surface area contributed by atoms with E-state index in [0.717, 1.165) is 31.5 Å². The topological polar surface area (TPSA) is 31.4 Å². The van der Waals surface area contributed by atoms with Gasteiger partial charge in [-0.2, -0.15) is 0 Å². The number of pyridine rings is 1. The summed E-state index contributed by atoms with van der Waals surface area (Å²) in [5.74, 6) is 0.179. The number of hydrogen-bond donors (Lipinski definition) is 0. The summed E-state index contributed by atoms with van der Waals surface area (Å²) in [5.41, 5.74) is -0.725. The van der Waals surface area contributed by atoms with E-state index in [-0.39, 0.29) is 18.0 Å². The fourth-order valence-electron chi connectivity index (χ4n) is 2.29. The molecule has 2 unspecified atom stereocenters. The summed E-state index contributed by atoms with van der Waals surface area (Å²) in [6.07, 6.45) is 5.64. The molecule has 7 heteroatoms. The lowest BCUT2D eigenvalue weighted by Gasteiger charge is -2.29. The van der Waals surface area contributed by atoms with Gasteiger partial charge in [-0.05, 0) is 25.3 Å². The van der Waals surface area contributed by atoms with E-state index in [2.05, 4.69) is 4.98 Å². The van der Waals surface area contributed by atoms with Gasteiger partial charge in [-0.3, -0.25) is 4.98 Å². The molecule has 106 valence electrons. The highest BCUT2D eigenvalue weighted by Crippen LogP contribution is 2.25. The van der Waals surface area contributed by atoms with Crippen LogP contribution in [-0.4, -0.2) is 31.3 Å². The predicted octanol–water partition coefficient (Wildman–Crippen LogP) is 2.47. The third-order valence-electron chi connectivity index (χ3n) is 3.33. The quantitative estimate of drug-likeness (QED) is 0.790. The lowest BCUT2D eigenvalue weighted by Crippen LogP contribution is -2.35. The number of methoxy groups -OCH3 is 1. The first-order chi connectivity index (χ1) is 8.99. The molecule has 1 saturated carbocycles. The normalized spacial score (nSPS) is 24.2. The summed E-state index contributed by atoms with van der Waals surface area (Å²) < 4.78 is 48.7. The van der Waals surface area contributed by atoms with Gasteiger partial charge in [-0.15, -0.1) is 0 Å². The van der Waals surface area contributed by atoms with E-state index < -0.39 is 12.4 Å². The van der Waals surface area contributed by atoms with Crippen LogP contribution in [0.15, 0.2) is 18.5 Å². The van der Waals surface area contributed by atoms with Crippen molar-refractivity contribution in [3.63, 3.8) is 0 Å². The molecule has 3 nitrogen and oxygen atoms in total. The number of aromatic nitrogens is 1. The van der Waals surface area contributed by atoms with Crippen LogP contribution in [0.3, 0.4) is 0 Å². The SMILES string of the molecule is COC1CCCC(Oc2cncc([B-](F)(F)F)c2)C1. The van der Waals surface area contributed by atoms with Gasteiger partial charge in [0, 0.05) is 19.7 Å². The molecule has 2 rings (SSSR count). The first-order valence-electron chi connectivity index (χ1n) is 6.33. The lowest BCUT2D eigenvalue weighted by molar-refractivity contribution is 0.0209. The number of hydrogen-bond acceptors (Lipinski definition) is 3. The van der Waals surface area contributed by atoms with E-state index >= 15 is 0 Å². The monoisotopic (exact) mass is 274 g/mol. The molecule has 19 heavy (non-hydrogen) atoms. The van der Waals surface area contributed by atoms with Crippen LogP contribution in [0.4, 0.5) is 12.9 Å². The van der Waals surface area contributed by atoms with Crippen molar-refractivity contribution in [1.29, 1.82) is 0 Å². The third-order valence-corrected chi connectivity index (χ3v) is 3.33. The second kappa shape index (κ2) is 5.82. The molecule has 0 amide bonds. The minimum atomic E-state index is -5.04. The van der Waals surface area contributed by atoms with E-state index in [1.165, 1.54) is 6.20 Å². The van der Waals surface area contributed by atoms with Crippen LogP contribution in [0.1, 0.15) is 25.7 Å². The molecule has 0 saturated heterocycles. The summed E-state index contributed by atoms with van der Waals surface area (Å²) in [7, 11) is 1.64. The van der Waals surface area contributed by atoms with E-state index in [4.69, 9.17) is 9.47 Å². The standard InChI is InChI=1S/C12H16BF3NO2/c1-18-10-3-2-4-11(6-10)19-12-5-9(7-17-8-12)13(14,15)16/h5,7-8,10-11H,2-4,6H2,1H3/q-1. The Kier molecular flexibility index (Phi) is 4.34. The summed E-state index contributed by atoms with van der Waals surface area (Å²) in [6.45, 7) is -5.04. The molecule has 0 aliphatic heterocycles. The molecule has 0 spiro atoms. The van der Waals surface area contributed by atoms with Crippen LogP contribution in [0.25, 0.3) is 0 Å². The molecule has 1 aromatic rings. The van der Waals surface area contributed by atoms with Crippen LogP contribution in [0.2, 0.25) is 0 Å². The minimum Gasteiger partial charge on any atom is -0.489 e. The zero-order chi connectivity index (χ0) is 13.9. The van der Waals surface area contributed by atoms with Gasteiger partial charge in [0.15, 0.2) is 0 Å². The van der Waals surface area contributed by atoms with Gasteiger partial charge in [0.25, 0.3) is 0 Å². The van der Waals surface area contributed by atoms with Gasteiger partial charge >= 0.3 is 6.98 Å². The van der Waals surface area contributed by atoms with Gasteiger partial charge in [-0.25, -0.2) is 0 Å². The maximum Gasteiger partial charge on any atom is 0.511 e. The lowest BCUT2D eigenvalue weighted by atomic mass is 9.81. The van der Waals surface area contributed by atoms with Crippen molar-refractivity contribution in [2.24, 2.45) is 0 Å². The highest BCUT2D eigenvalue weighted by molar-refractivity contribution is 6.73. The summed E-state index contributed by atoms with van der Waals surface area (Å²) >= 11 is 0. The Bertz CT molecular complexity index is 428. The van der Waals surface area contributed by atoms with E-state index in [0.29, 0.717) is 6.42 Å². The van der Waals surface area contributed by atoms with Gasteiger partial charge in [0.1, 0.15) is 11.9 Å². The van der Waals surface area contributed by atoms with Crippen LogP contribution < -0.4 is 10.2 Å². The van der Waals surface area contributed by atoms with Gasteiger partial charge in [0.05, 0.1) is 12.3 Å². The van der Waals surface area contributed by atoms with Gasteiger partial charge < -0.3 is 22.4 Å². The fraction of sp³-hybridized carbons (Fsp3) is 0.583. The number of ether oxygens (including phenoxy) is 2. The van der Waals surface area contributed by atoms with E-state index in [1.807, 2.05) is 0 Å². The molecule has 0 aromatic carbocycles. The highest BCUT2D eigenvalue weighted by atomic mass is 19.4. The first kappa shape index (κ1) is 14.2. The Balaban J connectivity index is 2.03. The minimum absolute atomic E-state index is 0.100. The summed E-state index contributed by atoms with van der Waals surface area (Å²) in [4.78, 5) is 3.60. The average Bonchev–Trinajstić information content (AvgIpc) is 2.38. The van der Waals surface area contributed by atoms with Crippen molar-refractivity contribution in [2.45, 2.75) is 37.9 Å². The van der Waals surface area contributed by atoms with Gasteiger partial charge in [0.2, 0.25) is 0 Å². The molecule has 0 N–H and O–H groups in total. The molecule has 1 aliphatic carbocycles. The molecule has 1 aromatic heterocycles. The second-order valence-electron chi connectivity index (χ2n) is 4.79. The number of nitrogens with zero attached hydrogens (tertiary/aromatic N) is 1. The van der Waals surface area contributed by atoms with Crippen LogP contribution in [0.5, 0.6) is 5.75 Å². The van der Waals surface area contributed by atoms with Crippen molar-refractivity contribution in [2.75, 3.05) is 7.11 Å². The molecule has 1 fully saturated rings. The van der Waals surface area contributed by atoms with Crippen LogP contribution in [-0.2, 0) is 4.74 Å². The van der Waals surface area contributed by atoms with Crippen molar-refractivity contribution in [3.8, 4) is 5.75 Å².